The third kappa shape index (κ3) is 3.58. The standard InChI is InChI=1S/C15H20ClFN5O6P/c1-4-24-12-9-11(20-14(18)21-12)22(6-19-9)13-15(16,17)10-8(26-13)5-25-29(23,28-10)27-7(2)3/h6-8,10,13H,4-5H2,1-3H3,(H2,18,20,21). The summed E-state index contributed by atoms with van der Waals surface area (Å²) in [7, 11) is -3.99. The molecule has 11 nitrogen and oxygen atoms in total. The quantitative estimate of drug-likeness (QED) is 0.534. The molecule has 14 heteroatoms. The van der Waals surface area contributed by atoms with Gasteiger partial charge in [-0.2, -0.15) is 9.97 Å². The Hall–Kier alpha value is -1.56. The fourth-order valence-electron chi connectivity index (χ4n) is 3.20. The van der Waals surface area contributed by atoms with Crippen molar-refractivity contribution < 1.29 is 32.0 Å². The van der Waals surface area contributed by atoms with E-state index < -0.39 is 37.5 Å². The van der Waals surface area contributed by atoms with Gasteiger partial charge in [-0.15, -0.1) is 0 Å². The molecule has 2 aliphatic rings. The molecular weight excluding hydrogens is 432 g/mol. The molecular formula is C15H20ClFN5O6P. The lowest BCUT2D eigenvalue weighted by Gasteiger charge is -2.33. The summed E-state index contributed by atoms with van der Waals surface area (Å²) in [6.45, 7) is 5.16. The second-order valence-electron chi connectivity index (χ2n) is 6.77. The van der Waals surface area contributed by atoms with Gasteiger partial charge in [0.1, 0.15) is 6.10 Å². The first-order valence-electron chi connectivity index (χ1n) is 8.92. The Morgan fingerprint density at radius 1 is 1.52 bits per heavy atom. The number of phosphoric acid groups is 1. The van der Waals surface area contributed by atoms with Crippen LogP contribution in [0, 0.1) is 0 Å². The molecule has 4 rings (SSSR count). The van der Waals surface area contributed by atoms with Crippen molar-refractivity contribution in [1.82, 2.24) is 19.5 Å². The Morgan fingerprint density at radius 2 is 2.28 bits per heavy atom. The average molecular weight is 452 g/mol. The van der Waals surface area contributed by atoms with Gasteiger partial charge in [-0.1, -0.05) is 11.6 Å². The van der Waals surface area contributed by atoms with E-state index in [0.29, 0.717) is 6.61 Å². The number of rotatable bonds is 5. The number of hydrogen-bond acceptors (Lipinski definition) is 10. The minimum absolute atomic E-state index is 0.0911. The van der Waals surface area contributed by atoms with Gasteiger partial charge in [0.05, 0.1) is 25.6 Å². The Labute approximate surface area is 170 Å². The van der Waals surface area contributed by atoms with Crippen molar-refractivity contribution in [3.05, 3.63) is 6.33 Å². The van der Waals surface area contributed by atoms with Crippen molar-refractivity contribution >= 4 is 36.5 Å². The van der Waals surface area contributed by atoms with Crippen molar-refractivity contribution in [1.29, 1.82) is 0 Å². The fraction of sp³-hybridized carbons (Fsp3) is 0.667. The lowest BCUT2D eigenvalue weighted by Crippen LogP contribution is -2.43. The van der Waals surface area contributed by atoms with Gasteiger partial charge in [-0.3, -0.25) is 18.1 Å². The van der Waals surface area contributed by atoms with Crippen LogP contribution in [0.4, 0.5) is 10.3 Å². The third-order valence-corrected chi connectivity index (χ3v) is 6.30. The highest BCUT2D eigenvalue weighted by Gasteiger charge is 2.63. The number of nitrogens with zero attached hydrogens (tertiary/aromatic N) is 4. The maximum atomic E-state index is 15.7. The topological polar surface area (TPSA) is 133 Å². The number of imidazole rings is 1. The molecule has 2 N–H and O–H groups in total. The van der Waals surface area contributed by atoms with E-state index >= 15 is 4.39 Å². The number of alkyl halides is 2. The van der Waals surface area contributed by atoms with Gasteiger partial charge in [-0.05, 0) is 20.8 Å². The lowest BCUT2D eigenvalue weighted by atomic mass is 10.1. The van der Waals surface area contributed by atoms with Crippen LogP contribution in [0.1, 0.15) is 27.0 Å². The number of aromatic nitrogens is 4. The minimum Gasteiger partial charge on any atom is -0.476 e. The number of anilines is 1. The van der Waals surface area contributed by atoms with Gasteiger partial charge in [0.25, 0.3) is 5.13 Å². The number of nitrogen functional groups attached to an aromatic ring is 1. The summed E-state index contributed by atoms with van der Waals surface area (Å²) in [6.07, 6.45) is -2.93. The SMILES string of the molecule is CCOc1nc(N)nc2c1ncn2C1OC2COP(=O)(OC(C)C)OC2C1(F)Cl. The van der Waals surface area contributed by atoms with E-state index in [0.717, 1.165) is 0 Å². The molecule has 4 heterocycles. The Bertz CT molecular complexity index is 974. The van der Waals surface area contributed by atoms with Crippen molar-refractivity contribution in [2.75, 3.05) is 18.9 Å². The van der Waals surface area contributed by atoms with Crippen molar-refractivity contribution in [3.8, 4) is 5.88 Å². The van der Waals surface area contributed by atoms with Gasteiger partial charge in [0.2, 0.25) is 11.8 Å². The van der Waals surface area contributed by atoms with Crippen LogP contribution >= 0.6 is 19.4 Å². The van der Waals surface area contributed by atoms with Gasteiger partial charge in [-0.25, -0.2) is 13.9 Å². The molecule has 0 spiro atoms. The predicted molar refractivity (Wildman–Crippen MR) is 99.2 cm³/mol. The van der Waals surface area contributed by atoms with E-state index in [1.165, 1.54) is 10.9 Å². The summed E-state index contributed by atoms with van der Waals surface area (Å²) in [5.41, 5.74) is 6.16. The zero-order chi connectivity index (χ0) is 21.0. The molecule has 2 fully saturated rings. The molecule has 0 aromatic carbocycles. The number of fused-ring (bicyclic) bond motifs is 2. The molecule has 2 saturated heterocycles. The molecule has 2 aromatic rings. The van der Waals surface area contributed by atoms with Crippen molar-refractivity contribution in [2.24, 2.45) is 0 Å². The zero-order valence-electron chi connectivity index (χ0n) is 15.8. The van der Waals surface area contributed by atoms with Crippen LogP contribution in [-0.4, -0.2) is 56.2 Å². The molecule has 5 atom stereocenters. The Balaban J connectivity index is 1.70. The molecule has 160 valence electrons. The summed E-state index contributed by atoms with van der Waals surface area (Å²) >= 11 is 6.20. The van der Waals surface area contributed by atoms with Gasteiger partial charge >= 0.3 is 7.82 Å². The molecule has 29 heavy (non-hydrogen) atoms. The number of nitrogens with two attached hydrogens (primary N) is 1. The number of phosphoric ester groups is 1. The van der Waals surface area contributed by atoms with Gasteiger partial charge < -0.3 is 15.2 Å². The number of ether oxygens (including phenoxy) is 2. The van der Waals surface area contributed by atoms with Crippen LogP contribution in [0.25, 0.3) is 11.2 Å². The smallest absolute Gasteiger partial charge is 0.475 e. The first-order chi connectivity index (χ1) is 13.6. The monoisotopic (exact) mass is 451 g/mol. The largest absolute Gasteiger partial charge is 0.476 e. The van der Waals surface area contributed by atoms with Crippen LogP contribution in [0.5, 0.6) is 5.88 Å². The van der Waals surface area contributed by atoms with E-state index in [9.17, 15) is 4.57 Å². The number of halogens is 2. The molecule has 2 aliphatic heterocycles. The summed E-state index contributed by atoms with van der Waals surface area (Å²) in [4.78, 5) is 12.3. The maximum absolute atomic E-state index is 15.7. The molecule has 0 aliphatic carbocycles. The summed E-state index contributed by atoms with van der Waals surface area (Å²) in [5.74, 6) is 0.0594. The van der Waals surface area contributed by atoms with E-state index in [-0.39, 0.29) is 29.6 Å². The van der Waals surface area contributed by atoms with Crippen LogP contribution in [-0.2, 0) is 22.9 Å². The van der Waals surface area contributed by atoms with Crippen LogP contribution in [0.3, 0.4) is 0 Å². The molecule has 2 aromatic heterocycles. The molecule has 0 amide bonds. The summed E-state index contributed by atoms with van der Waals surface area (Å²) in [6, 6.07) is 0. The first kappa shape index (κ1) is 20.7. The lowest BCUT2D eigenvalue weighted by molar-refractivity contribution is -0.0733. The normalized spacial score (nSPS) is 34.6. The zero-order valence-corrected chi connectivity index (χ0v) is 17.5. The second kappa shape index (κ2) is 7.29. The molecule has 0 bridgehead atoms. The summed E-state index contributed by atoms with van der Waals surface area (Å²) < 4.78 is 56.4. The van der Waals surface area contributed by atoms with E-state index in [2.05, 4.69) is 15.0 Å². The fourth-order valence-corrected chi connectivity index (χ4v) is 5.18. The highest BCUT2D eigenvalue weighted by molar-refractivity contribution is 7.48. The highest BCUT2D eigenvalue weighted by atomic mass is 35.5. The molecule has 0 saturated carbocycles. The highest BCUT2D eigenvalue weighted by Crippen LogP contribution is 2.61. The van der Waals surface area contributed by atoms with E-state index in [4.69, 9.17) is 40.4 Å². The van der Waals surface area contributed by atoms with Gasteiger partial charge in [0.15, 0.2) is 23.5 Å². The summed E-state index contributed by atoms with van der Waals surface area (Å²) in [5, 5.41) is -2.62. The van der Waals surface area contributed by atoms with E-state index in [1.807, 2.05) is 0 Å². The minimum atomic E-state index is -3.99. The number of hydrogen-bond donors (Lipinski definition) is 1. The molecule has 0 radical (unpaired) electrons. The first-order valence-corrected chi connectivity index (χ1v) is 10.8. The predicted octanol–water partition coefficient (Wildman–Crippen LogP) is 2.56. The van der Waals surface area contributed by atoms with Crippen LogP contribution in [0.2, 0.25) is 0 Å². The average Bonchev–Trinajstić information content (AvgIpc) is 3.13. The van der Waals surface area contributed by atoms with E-state index in [1.54, 1.807) is 20.8 Å². The molecule has 5 unspecified atom stereocenters. The van der Waals surface area contributed by atoms with Crippen LogP contribution < -0.4 is 10.5 Å². The maximum Gasteiger partial charge on any atom is 0.475 e. The van der Waals surface area contributed by atoms with Gasteiger partial charge in [0, 0.05) is 0 Å². The Morgan fingerprint density at radius 3 is 2.97 bits per heavy atom. The second-order valence-corrected chi connectivity index (χ2v) is 8.92. The Kier molecular flexibility index (Phi) is 5.21. The van der Waals surface area contributed by atoms with Crippen molar-refractivity contribution in [3.63, 3.8) is 0 Å². The van der Waals surface area contributed by atoms with Crippen LogP contribution in [0.15, 0.2) is 6.33 Å². The van der Waals surface area contributed by atoms with Crippen molar-refractivity contribution in [2.45, 2.75) is 50.4 Å². The third-order valence-electron chi connectivity index (χ3n) is 4.27.